The summed E-state index contributed by atoms with van der Waals surface area (Å²) >= 11 is 0. The highest BCUT2D eigenvalue weighted by Gasteiger charge is 2.12. The smallest absolute Gasteiger partial charge is 0.120 e. The molecule has 2 unspecified atom stereocenters. The Bertz CT molecular complexity index is 217. The summed E-state index contributed by atoms with van der Waals surface area (Å²) in [7, 11) is 0. The monoisotopic (exact) mass is 183 g/mol. The van der Waals surface area contributed by atoms with Crippen molar-refractivity contribution in [1.82, 2.24) is 5.32 Å². The lowest BCUT2D eigenvalue weighted by atomic mass is 10.2. The third-order valence-corrected chi connectivity index (χ3v) is 2.17. The van der Waals surface area contributed by atoms with Crippen molar-refractivity contribution in [2.24, 2.45) is 0 Å². The summed E-state index contributed by atoms with van der Waals surface area (Å²) < 4.78 is 5.24. The van der Waals surface area contributed by atoms with E-state index in [2.05, 4.69) is 5.32 Å². The van der Waals surface area contributed by atoms with E-state index in [0.29, 0.717) is 0 Å². The van der Waals surface area contributed by atoms with Crippen LogP contribution in [0.5, 0.6) is 0 Å². The van der Waals surface area contributed by atoms with Gasteiger partial charge in [0, 0.05) is 6.04 Å². The molecule has 0 aliphatic carbocycles. The highest BCUT2D eigenvalue weighted by Crippen LogP contribution is 2.13. The third-order valence-electron chi connectivity index (χ3n) is 2.17. The lowest BCUT2D eigenvalue weighted by Crippen LogP contribution is -2.33. The topological polar surface area (TPSA) is 45.4 Å². The Morgan fingerprint density at radius 1 is 1.62 bits per heavy atom. The van der Waals surface area contributed by atoms with Crippen LogP contribution in [0.15, 0.2) is 22.8 Å². The van der Waals surface area contributed by atoms with Gasteiger partial charge in [-0.25, -0.2) is 0 Å². The van der Waals surface area contributed by atoms with Gasteiger partial charge in [0.15, 0.2) is 0 Å². The fraction of sp³-hybridized carbons (Fsp3) is 0.600. The van der Waals surface area contributed by atoms with Crippen LogP contribution in [0.4, 0.5) is 0 Å². The second-order valence-electron chi connectivity index (χ2n) is 3.19. The molecule has 2 N–H and O–H groups in total. The van der Waals surface area contributed by atoms with Crippen molar-refractivity contribution < 1.29 is 9.52 Å². The Hall–Kier alpha value is -0.800. The number of aliphatic hydroxyl groups excluding tert-OH is 1. The molecule has 0 amide bonds. The maximum atomic E-state index is 8.98. The third kappa shape index (κ3) is 2.86. The molecule has 0 saturated heterocycles. The van der Waals surface area contributed by atoms with E-state index in [1.807, 2.05) is 26.0 Å². The first kappa shape index (κ1) is 10.3. The summed E-state index contributed by atoms with van der Waals surface area (Å²) in [6.07, 6.45) is 2.58. The fourth-order valence-electron chi connectivity index (χ4n) is 1.27. The van der Waals surface area contributed by atoms with Crippen molar-refractivity contribution in [2.75, 3.05) is 6.61 Å². The zero-order valence-corrected chi connectivity index (χ0v) is 8.16. The summed E-state index contributed by atoms with van der Waals surface area (Å²) in [6, 6.07) is 4.11. The first-order valence-electron chi connectivity index (χ1n) is 4.68. The average Bonchev–Trinajstić information content (AvgIpc) is 2.66. The molecule has 0 saturated carbocycles. The van der Waals surface area contributed by atoms with E-state index < -0.39 is 0 Å². The second kappa shape index (κ2) is 5.04. The van der Waals surface area contributed by atoms with Gasteiger partial charge in [-0.05, 0) is 25.5 Å². The van der Waals surface area contributed by atoms with Gasteiger partial charge in [-0.2, -0.15) is 0 Å². The predicted octanol–water partition coefficient (Wildman–Crippen LogP) is 1.70. The molecule has 3 heteroatoms. The van der Waals surface area contributed by atoms with Crippen LogP contribution in [-0.2, 0) is 0 Å². The number of hydrogen-bond acceptors (Lipinski definition) is 3. The first-order chi connectivity index (χ1) is 6.27. The normalized spacial score (nSPS) is 15.6. The van der Waals surface area contributed by atoms with Crippen molar-refractivity contribution in [3.8, 4) is 0 Å². The number of furan rings is 1. The molecule has 1 rings (SSSR count). The Labute approximate surface area is 78.8 Å². The van der Waals surface area contributed by atoms with Gasteiger partial charge in [0.1, 0.15) is 5.76 Å². The molecule has 3 nitrogen and oxygen atoms in total. The van der Waals surface area contributed by atoms with Crippen molar-refractivity contribution in [2.45, 2.75) is 32.4 Å². The Balaban J connectivity index is 2.45. The van der Waals surface area contributed by atoms with Gasteiger partial charge in [-0.3, -0.25) is 0 Å². The minimum atomic E-state index is 0.153. The van der Waals surface area contributed by atoms with Gasteiger partial charge >= 0.3 is 0 Å². The zero-order chi connectivity index (χ0) is 9.68. The summed E-state index contributed by atoms with van der Waals surface area (Å²) in [5.74, 6) is 0.909. The molecule has 0 aliphatic heterocycles. The molecule has 0 aliphatic rings. The summed E-state index contributed by atoms with van der Waals surface area (Å²) in [6.45, 7) is 4.24. The lowest BCUT2D eigenvalue weighted by molar-refractivity contribution is 0.225. The summed E-state index contributed by atoms with van der Waals surface area (Å²) in [5, 5.41) is 12.3. The second-order valence-corrected chi connectivity index (χ2v) is 3.19. The van der Waals surface area contributed by atoms with E-state index in [0.717, 1.165) is 12.2 Å². The van der Waals surface area contributed by atoms with E-state index in [4.69, 9.17) is 9.52 Å². The molecule has 0 fully saturated rings. The van der Waals surface area contributed by atoms with E-state index >= 15 is 0 Å². The van der Waals surface area contributed by atoms with Crippen molar-refractivity contribution in [3.63, 3.8) is 0 Å². The van der Waals surface area contributed by atoms with Gasteiger partial charge < -0.3 is 14.8 Å². The van der Waals surface area contributed by atoms with Crippen molar-refractivity contribution >= 4 is 0 Å². The fourth-order valence-corrected chi connectivity index (χ4v) is 1.27. The highest BCUT2D eigenvalue weighted by atomic mass is 16.3. The molecule has 0 bridgehead atoms. The van der Waals surface area contributed by atoms with Crippen LogP contribution >= 0.6 is 0 Å². The van der Waals surface area contributed by atoms with Gasteiger partial charge in [-0.15, -0.1) is 0 Å². The van der Waals surface area contributed by atoms with Gasteiger partial charge in [-0.1, -0.05) is 6.92 Å². The Kier molecular flexibility index (Phi) is 3.99. The molecule has 1 aromatic rings. The van der Waals surface area contributed by atoms with Crippen LogP contribution < -0.4 is 5.32 Å². The first-order valence-corrected chi connectivity index (χ1v) is 4.68. The number of aliphatic hydroxyl groups is 1. The Morgan fingerprint density at radius 2 is 2.38 bits per heavy atom. The van der Waals surface area contributed by atoms with E-state index in [-0.39, 0.29) is 18.7 Å². The maximum Gasteiger partial charge on any atom is 0.120 e. The number of hydrogen-bond donors (Lipinski definition) is 2. The quantitative estimate of drug-likeness (QED) is 0.730. The van der Waals surface area contributed by atoms with Crippen LogP contribution in [0.3, 0.4) is 0 Å². The van der Waals surface area contributed by atoms with E-state index in [9.17, 15) is 0 Å². The van der Waals surface area contributed by atoms with Crippen molar-refractivity contribution in [1.29, 1.82) is 0 Å². The molecule has 0 radical (unpaired) electrons. The standard InChI is InChI=1S/C10H17NO2/c1-3-9(7-12)11-8(2)10-5-4-6-13-10/h4-6,8-9,11-12H,3,7H2,1-2H3. The molecule has 1 heterocycles. The molecule has 74 valence electrons. The lowest BCUT2D eigenvalue weighted by Gasteiger charge is -2.18. The van der Waals surface area contributed by atoms with Gasteiger partial charge in [0.25, 0.3) is 0 Å². The summed E-state index contributed by atoms with van der Waals surface area (Å²) in [5.41, 5.74) is 0. The van der Waals surface area contributed by atoms with Crippen LogP contribution in [0, 0.1) is 0 Å². The predicted molar refractivity (Wildman–Crippen MR) is 51.4 cm³/mol. The molecule has 2 atom stereocenters. The van der Waals surface area contributed by atoms with Crippen LogP contribution in [0.1, 0.15) is 32.1 Å². The molecule has 13 heavy (non-hydrogen) atoms. The minimum absolute atomic E-state index is 0.153. The number of rotatable bonds is 5. The molecular formula is C10H17NO2. The number of nitrogens with one attached hydrogen (secondary N) is 1. The summed E-state index contributed by atoms with van der Waals surface area (Å²) in [4.78, 5) is 0. The average molecular weight is 183 g/mol. The van der Waals surface area contributed by atoms with Crippen molar-refractivity contribution in [3.05, 3.63) is 24.2 Å². The molecular weight excluding hydrogens is 166 g/mol. The molecule has 1 aromatic heterocycles. The van der Waals surface area contributed by atoms with Crippen LogP contribution in [0.2, 0.25) is 0 Å². The zero-order valence-electron chi connectivity index (χ0n) is 8.16. The van der Waals surface area contributed by atoms with E-state index in [1.165, 1.54) is 0 Å². The van der Waals surface area contributed by atoms with Crippen LogP contribution in [-0.4, -0.2) is 17.8 Å². The SMILES string of the molecule is CCC(CO)NC(C)c1ccco1. The van der Waals surface area contributed by atoms with Gasteiger partial charge in [0.05, 0.1) is 18.9 Å². The maximum absolute atomic E-state index is 8.98. The van der Waals surface area contributed by atoms with E-state index in [1.54, 1.807) is 6.26 Å². The van der Waals surface area contributed by atoms with Gasteiger partial charge in [0.2, 0.25) is 0 Å². The molecule has 0 aromatic carbocycles. The largest absolute Gasteiger partial charge is 0.468 e. The molecule has 0 spiro atoms. The van der Waals surface area contributed by atoms with Crippen LogP contribution in [0.25, 0.3) is 0 Å². The highest BCUT2D eigenvalue weighted by molar-refractivity contribution is 5.03. The Morgan fingerprint density at radius 3 is 2.85 bits per heavy atom. The minimum Gasteiger partial charge on any atom is -0.468 e.